The lowest BCUT2D eigenvalue weighted by Gasteiger charge is -2.26. The first kappa shape index (κ1) is 22.4. The number of rotatable bonds is 7. The molecule has 1 aliphatic heterocycles. The zero-order valence-corrected chi connectivity index (χ0v) is 18.9. The van der Waals surface area contributed by atoms with Gasteiger partial charge in [-0.25, -0.2) is 0 Å². The van der Waals surface area contributed by atoms with Crippen LogP contribution in [0.2, 0.25) is 0 Å². The van der Waals surface area contributed by atoms with Crippen LogP contribution in [-0.2, 0) is 11.2 Å². The molecule has 33 heavy (non-hydrogen) atoms. The SMILES string of the molecule is COc1cccc(C(=O)N2CC[C@](Cc3ccc(-c4ccccc4OC)cc3)(C(N)=O)C2)c1. The molecule has 2 amide bonds. The van der Waals surface area contributed by atoms with E-state index in [-0.39, 0.29) is 11.8 Å². The maximum absolute atomic E-state index is 13.0. The summed E-state index contributed by atoms with van der Waals surface area (Å²) < 4.78 is 10.7. The molecule has 0 aliphatic carbocycles. The summed E-state index contributed by atoms with van der Waals surface area (Å²) in [5.41, 5.74) is 8.66. The number of nitrogens with zero attached hydrogens (tertiary/aromatic N) is 1. The van der Waals surface area contributed by atoms with Crippen molar-refractivity contribution in [2.24, 2.45) is 11.1 Å². The van der Waals surface area contributed by atoms with Gasteiger partial charge in [0.2, 0.25) is 5.91 Å². The first-order valence-electron chi connectivity index (χ1n) is 10.9. The molecule has 0 aromatic heterocycles. The Morgan fingerprint density at radius 3 is 2.42 bits per heavy atom. The molecular formula is C27H28N2O4. The van der Waals surface area contributed by atoms with Gasteiger partial charge >= 0.3 is 0 Å². The minimum absolute atomic E-state index is 0.122. The maximum Gasteiger partial charge on any atom is 0.254 e. The monoisotopic (exact) mass is 444 g/mol. The Hall–Kier alpha value is -3.80. The quantitative estimate of drug-likeness (QED) is 0.599. The Balaban J connectivity index is 1.52. The molecule has 6 heteroatoms. The standard InChI is InChI=1S/C27H28N2O4/c1-32-22-7-5-6-21(16-22)25(30)29-15-14-27(18-29,26(28)31)17-19-10-12-20(13-11-19)23-8-3-4-9-24(23)33-2/h3-13,16H,14-15,17-18H2,1-2H3,(H2,28,31)/t27-/m1/s1. The molecule has 1 atom stereocenters. The van der Waals surface area contributed by atoms with Crippen LogP contribution in [0, 0.1) is 5.41 Å². The fourth-order valence-corrected chi connectivity index (χ4v) is 4.49. The highest BCUT2D eigenvalue weighted by atomic mass is 16.5. The lowest BCUT2D eigenvalue weighted by Crippen LogP contribution is -2.42. The summed E-state index contributed by atoms with van der Waals surface area (Å²) in [6, 6.07) is 23.0. The van der Waals surface area contributed by atoms with Crippen LogP contribution >= 0.6 is 0 Å². The van der Waals surface area contributed by atoms with Crippen molar-refractivity contribution in [1.82, 2.24) is 4.90 Å². The minimum atomic E-state index is -0.791. The molecule has 0 unspecified atom stereocenters. The third-order valence-electron chi connectivity index (χ3n) is 6.39. The van der Waals surface area contributed by atoms with Crippen molar-refractivity contribution in [1.29, 1.82) is 0 Å². The van der Waals surface area contributed by atoms with Crippen molar-refractivity contribution in [3.63, 3.8) is 0 Å². The second kappa shape index (κ2) is 9.36. The van der Waals surface area contributed by atoms with E-state index in [2.05, 4.69) is 0 Å². The van der Waals surface area contributed by atoms with Gasteiger partial charge in [0.05, 0.1) is 19.6 Å². The third kappa shape index (κ3) is 4.55. The van der Waals surface area contributed by atoms with Gasteiger partial charge in [0.25, 0.3) is 5.91 Å². The Morgan fingerprint density at radius 2 is 1.73 bits per heavy atom. The smallest absolute Gasteiger partial charge is 0.254 e. The number of amides is 2. The summed E-state index contributed by atoms with van der Waals surface area (Å²) in [5, 5.41) is 0. The number of carbonyl (C=O) groups is 2. The van der Waals surface area contributed by atoms with Gasteiger partial charge in [0.1, 0.15) is 11.5 Å². The normalized spacial score (nSPS) is 17.6. The Kier molecular flexibility index (Phi) is 6.36. The van der Waals surface area contributed by atoms with Crippen LogP contribution in [-0.4, -0.2) is 44.0 Å². The number of carbonyl (C=O) groups excluding carboxylic acids is 2. The Morgan fingerprint density at radius 1 is 0.970 bits per heavy atom. The Bertz CT molecular complexity index is 1160. The van der Waals surface area contributed by atoms with Crippen LogP contribution in [0.15, 0.2) is 72.8 Å². The summed E-state index contributed by atoms with van der Waals surface area (Å²) in [6.07, 6.45) is 1.02. The second-order valence-corrected chi connectivity index (χ2v) is 8.43. The van der Waals surface area contributed by atoms with Crippen molar-refractivity contribution in [2.75, 3.05) is 27.3 Å². The van der Waals surface area contributed by atoms with Gasteiger partial charge in [-0.3, -0.25) is 9.59 Å². The molecule has 4 rings (SSSR count). The number of benzene rings is 3. The van der Waals surface area contributed by atoms with Gasteiger partial charge in [-0.2, -0.15) is 0 Å². The maximum atomic E-state index is 13.0. The molecule has 0 radical (unpaired) electrons. The summed E-state index contributed by atoms with van der Waals surface area (Å²) in [4.78, 5) is 27.3. The predicted octanol–water partition coefficient (Wildman–Crippen LogP) is 3.93. The van der Waals surface area contributed by atoms with Crippen LogP contribution in [0.25, 0.3) is 11.1 Å². The summed E-state index contributed by atoms with van der Waals surface area (Å²) in [6.45, 7) is 0.783. The van der Waals surface area contributed by atoms with Crippen molar-refractivity contribution >= 4 is 11.8 Å². The summed E-state index contributed by atoms with van der Waals surface area (Å²) in [5.74, 6) is 0.929. The zero-order valence-electron chi connectivity index (χ0n) is 18.9. The molecule has 3 aromatic carbocycles. The topological polar surface area (TPSA) is 81.9 Å². The molecular weight excluding hydrogens is 416 g/mol. The molecule has 1 heterocycles. The number of ether oxygens (including phenoxy) is 2. The molecule has 2 N–H and O–H groups in total. The molecule has 1 fully saturated rings. The van der Waals surface area contributed by atoms with Crippen LogP contribution in [0.5, 0.6) is 11.5 Å². The molecule has 1 aliphatic rings. The number of para-hydroxylation sites is 1. The summed E-state index contributed by atoms with van der Waals surface area (Å²) >= 11 is 0. The largest absolute Gasteiger partial charge is 0.497 e. The van der Waals surface area contributed by atoms with E-state index in [9.17, 15) is 9.59 Å². The van der Waals surface area contributed by atoms with E-state index in [1.54, 1.807) is 43.4 Å². The molecule has 1 saturated heterocycles. The van der Waals surface area contributed by atoms with E-state index >= 15 is 0 Å². The molecule has 6 nitrogen and oxygen atoms in total. The van der Waals surface area contributed by atoms with E-state index in [0.717, 1.165) is 22.4 Å². The molecule has 0 saturated carbocycles. The Labute approximate surface area is 193 Å². The lowest BCUT2D eigenvalue weighted by atomic mass is 9.80. The average molecular weight is 445 g/mol. The van der Waals surface area contributed by atoms with Crippen LogP contribution < -0.4 is 15.2 Å². The van der Waals surface area contributed by atoms with E-state index in [1.165, 1.54) is 0 Å². The van der Waals surface area contributed by atoms with Crippen molar-refractivity contribution in [3.05, 3.63) is 83.9 Å². The highest BCUT2D eigenvalue weighted by Crippen LogP contribution is 2.36. The third-order valence-corrected chi connectivity index (χ3v) is 6.39. The van der Waals surface area contributed by atoms with Crippen molar-refractivity contribution in [3.8, 4) is 22.6 Å². The van der Waals surface area contributed by atoms with Crippen LogP contribution in [0.4, 0.5) is 0 Å². The zero-order chi connectivity index (χ0) is 23.4. The number of hydrogen-bond acceptors (Lipinski definition) is 4. The first-order chi connectivity index (χ1) is 16.0. The van der Waals surface area contributed by atoms with E-state index in [1.807, 2.05) is 48.5 Å². The average Bonchev–Trinajstić information content (AvgIpc) is 3.29. The highest BCUT2D eigenvalue weighted by molar-refractivity contribution is 5.95. The van der Waals surface area contributed by atoms with E-state index in [4.69, 9.17) is 15.2 Å². The highest BCUT2D eigenvalue weighted by Gasteiger charge is 2.44. The predicted molar refractivity (Wildman–Crippen MR) is 127 cm³/mol. The molecule has 0 spiro atoms. The number of nitrogens with two attached hydrogens (primary N) is 1. The number of hydrogen-bond donors (Lipinski definition) is 1. The van der Waals surface area contributed by atoms with Gasteiger partial charge < -0.3 is 20.1 Å². The lowest BCUT2D eigenvalue weighted by molar-refractivity contribution is -0.126. The molecule has 3 aromatic rings. The number of primary amides is 1. The van der Waals surface area contributed by atoms with Crippen LogP contribution in [0.1, 0.15) is 22.3 Å². The fraction of sp³-hybridized carbons (Fsp3) is 0.259. The van der Waals surface area contributed by atoms with E-state index in [0.29, 0.717) is 37.2 Å². The van der Waals surface area contributed by atoms with Gasteiger partial charge in [-0.05, 0) is 48.2 Å². The van der Waals surface area contributed by atoms with Crippen molar-refractivity contribution in [2.45, 2.75) is 12.8 Å². The van der Waals surface area contributed by atoms with Crippen LogP contribution in [0.3, 0.4) is 0 Å². The van der Waals surface area contributed by atoms with Gasteiger partial charge in [-0.15, -0.1) is 0 Å². The second-order valence-electron chi connectivity index (χ2n) is 8.43. The minimum Gasteiger partial charge on any atom is -0.497 e. The van der Waals surface area contributed by atoms with E-state index < -0.39 is 5.41 Å². The van der Waals surface area contributed by atoms with Gasteiger partial charge in [0.15, 0.2) is 0 Å². The number of methoxy groups -OCH3 is 2. The fourth-order valence-electron chi connectivity index (χ4n) is 4.49. The van der Waals surface area contributed by atoms with Gasteiger partial charge in [-0.1, -0.05) is 48.5 Å². The molecule has 0 bridgehead atoms. The van der Waals surface area contributed by atoms with Gasteiger partial charge in [0, 0.05) is 24.2 Å². The molecule has 170 valence electrons. The number of likely N-dealkylation sites (tertiary alicyclic amines) is 1. The summed E-state index contributed by atoms with van der Waals surface area (Å²) in [7, 11) is 3.22. The van der Waals surface area contributed by atoms with Crippen molar-refractivity contribution < 1.29 is 19.1 Å². The first-order valence-corrected chi connectivity index (χ1v) is 10.9.